The predicted molar refractivity (Wildman–Crippen MR) is 127 cm³/mol. The number of amides is 1. The van der Waals surface area contributed by atoms with Crippen LogP contribution in [0, 0.1) is 0 Å². The molecule has 1 amide bonds. The van der Waals surface area contributed by atoms with Gasteiger partial charge in [0.15, 0.2) is 0 Å². The second-order valence-electron chi connectivity index (χ2n) is 10.2. The fraction of sp³-hybridized carbons (Fsp3) is 0.346. The van der Waals surface area contributed by atoms with Gasteiger partial charge in [-0.15, -0.1) is 0 Å². The minimum Gasteiger partial charge on any atom is -0.507 e. The Morgan fingerprint density at radius 2 is 1.47 bits per heavy atom. The number of aromatic hydroxyl groups is 1. The molecule has 0 spiro atoms. The molecular formula is C26H30N2O4. The molecule has 2 aromatic carbocycles. The molecule has 1 aliphatic rings. The quantitative estimate of drug-likeness (QED) is 0.625. The topological polar surface area (TPSA) is 90.2 Å². The first kappa shape index (κ1) is 23.3. The molecule has 3 rings (SSSR count). The van der Waals surface area contributed by atoms with Gasteiger partial charge in [-0.1, -0.05) is 41.5 Å². The summed E-state index contributed by atoms with van der Waals surface area (Å²) in [5, 5.41) is 25.7. The first-order valence-electron chi connectivity index (χ1n) is 10.5. The van der Waals surface area contributed by atoms with E-state index in [9.17, 15) is 14.7 Å². The number of carboxylic acid groups (broad SMARTS) is 1. The number of anilines is 1. The zero-order valence-corrected chi connectivity index (χ0v) is 19.6. The molecule has 1 aliphatic heterocycles. The molecule has 2 N–H and O–H groups in total. The number of hydrogen-bond donors (Lipinski definition) is 2. The summed E-state index contributed by atoms with van der Waals surface area (Å²) < 4.78 is 0. The van der Waals surface area contributed by atoms with Crippen LogP contribution in [0.1, 0.15) is 75.5 Å². The van der Waals surface area contributed by atoms with Crippen molar-refractivity contribution in [3.8, 4) is 5.75 Å². The van der Waals surface area contributed by atoms with Crippen LogP contribution in [-0.4, -0.2) is 27.8 Å². The molecule has 0 radical (unpaired) electrons. The van der Waals surface area contributed by atoms with Gasteiger partial charge in [0.05, 0.1) is 22.5 Å². The average molecular weight is 435 g/mol. The lowest BCUT2D eigenvalue weighted by Crippen LogP contribution is -2.21. The van der Waals surface area contributed by atoms with Crippen molar-refractivity contribution < 1.29 is 19.8 Å². The van der Waals surface area contributed by atoms with E-state index in [0.29, 0.717) is 17.0 Å². The SMILES string of the molecule is CC1=NN(c2ccc(C(=O)O)cc2)C(=O)/C1=C\c1cc(C(C)(C)C)c(O)c(C(C)(C)C)c1. The highest BCUT2D eigenvalue weighted by Gasteiger charge is 2.30. The van der Waals surface area contributed by atoms with E-state index in [1.54, 1.807) is 25.1 Å². The van der Waals surface area contributed by atoms with E-state index in [-0.39, 0.29) is 28.1 Å². The molecule has 0 fully saturated rings. The lowest BCUT2D eigenvalue weighted by molar-refractivity contribution is -0.114. The number of phenolic OH excluding ortho intramolecular Hbond substituents is 1. The molecule has 0 unspecified atom stereocenters. The van der Waals surface area contributed by atoms with E-state index in [1.165, 1.54) is 17.1 Å². The Bertz CT molecular complexity index is 1110. The zero-order chi connectivity index (χ0) is 24.0. The van der Waals surface area contributed by atoms with Crippen molar-refractivity contribution >= 4 is 29.4 Å². The number of rotatable bonds is 3. The molecule has 1 heterocycles. The molecule has 0 atom stereocenters. The van der Waals surface area contributed by atoms with Crippen LogP contribution in [0.15, 0.2) is 47.1 Å². The third-order valence-electron chi connectivity index (χ3n) is 5.48. The Hall–Kier alpha value is -3.41. The summed E-state index contributed by atoms with van der Waals surface area (Å²) in [5.41, 5.74) is 3.57. The number of nitrogens with zero attached hydrogens (tertiary/aromatic N) is 2. The standard InChI is InChI=1S/C26H30N2O4/c1-15-19(23(30)28(27-15)18-10-8-17(9-11-18)24(31)32)12-16-13-20(25(2,3)4)22(29)21(14-16)26(5,6)7/h8-14,29H,1-7H3,(H,31,32)/b19-12-. The molecule has 0 aliphatic carbocycles. The fourth-order valence-corrected chi connectivity index (χ4v) is 3.65. The number of hydrogen-bond acceptors (Lipinski definition) is 4. The maximum atomic E-state index is 13.1. The number of benzene rings is 2. The number of hydrazone groups is 1. The van der Waals surface area contributed by atoms with Crippen molar-refractivity contribution in [2.75, 3.05) is 5.01 Å². The van der Waals surface area contributed by atoms with Crippen LogP contribution in [0.25, 0.3) is 6.08 Å². The summed E-state index contributed by atoms with van der Waals surface area (Å²) in [6.07, 6.45) is 1.80. The second kappa shape index (κ2) is 7.93. The van der Waals surface area contributed by atoms with Crippen molar-refractivity contribution in [3.63, 3.8) is 0 Å². The first-order chi connectivity index (χ1) is 14.7. The Balaban J connectivity index is 2.06. The average Bonchev–Trinajstić information content (AvgIpc) is 2.95. The first-order valence-corrected chi connectivity index (χ1v) is 10.5. The lowest BCUT2D eigenvalue weighted by Gasteiger charge is -2.28. The molecule has 0 saturated heterocycles. The smallest absolute Gasteiger partial charge is 0.335 e. The van der Waals surface area contributed by atoms with Gasteiger partial charge >= 0.3 is 5.97 Å². The highest BCUT2D eigenvalue weighted by atomic mass is 16.4. The summed E-state index contributed by atoms with van der Waals surface area (Å²) in [7, 11) is 0. The fourth-order valence-electron chi connectivity index (χ4n) is 3.65. The zero-order valence-electron chi connectivity index (χ0n) is 19.6. The molecule has 0 bridgehead atoms. The van der Waals surface area contributed by atoms with Crippen LogP contribution in [0.3, 0.4) is 0 Å². The van der Waals surface area contributed by atoms with Crippen LogP contribution >= 0.6 is 0 Å². The van der Waals surface area contributed by atoms with E-state index in [2.05, 4.69) is 5.10 Å². The van der Waals surface area contributed by atoms with Gasteiger partial charge in [-0.2, -0.15) is 10.1 Å². The summed E-state index contributed by atoms with van der Waals surface area (Å²) in [5.74, 6) is -1.02. The Morgan fingerprint density at radius 3 is 1.91 bits per heavy atom. The molecule has 6 heteroatoms. The van der Waals surface area contributed by atoms with Gasteiger partial charge < -0.3 is 10.2 Å². The predicted octanol–water partition coefficient (Wildman–Crippen LogP) is 5.49. The van der Waals surface area contributed by atoms with Gasteiger partial charge in [0.25, 0.3) is 5.91 Å². The molecular weight excluding hydrogens is 404 g/mol. The van der Waals surface area contributed by atoms with Gasteiger partial charge in [-0.3, -0.25) is 4.79 Å². The van der Waals surface area contributed by atoms with Crippen molar-refractivity contribution in [1.29, 1.82) is 0 Å². The molecule has 32 heavy (non-hydrogen) atoms. The second-order valence-corrected chi connectivity index (χ2v) is 10.2. The molecule has 2 aromatic rings. The van der Waals surface area contributed by atoms with Crippen molar-refractivity contribution in [2.45, 2.75) is 59.3 Å². The molecule has 0 aromatic heterocycles. The minimum atomic E-state index is -1.03. The van der Waals surface area contributed by atoms with Crippen LogP contribution in [0.2, 0.25) is 0 Å². The van der Waals surface area contributed by atoms with Crippen LogP contribution in [0.5, 0.6) is 5.75 Å². The van der Waals surface area contributed by atoms with E-state index >= 15 is 0 Å². The maximum Gasteiger partial charge on any atom is 0.335 e. The van der Waals surface area contributed by atoms with Crippen LogP contribution in [0.4, 0.5) is 5.69 Å². The third-order valence-corrected chi connectivity index (χ3v) is 5.48. The monoisotopic (exact) mass is 434 g/mol. The number of aromatic carboxylic acids is 1. The van der Waals surface area contributed by atoms with Crippen molar-refractivity contribution in [3.05, 3.63) is 64.2 Å². The molecule has 6 nitrogen and oxygen atoms in total. The minimum absolute atomic E-state index is 0.144. The maximum absolute atomic E-state index is 13.1. The normalized spacial score (nSPS) is 16.0. The Morgan fingerprint density at radius 1 is 0.969 bits per heavy atom. The van der Waals surface area contributed by atoms with Crippen molar-refractivity contribution in [2.24, 2.45) is 5.10 Å². The van der Waals surface area contributed by atoms with E-state index in [4.69, 9.17) is 5.11 Å². The van der Waals surface area contributed by atoms with E-state index in [0.717, 1.165) is 16.7 Å². The number of phenols is 1. The van der Waals surface area contributed by atoms with E-state index in [1.807, 2.05) is 53.7 Å². The van der Waals surface area contributed by atoms with Crippen LogP contribution < -0.4 is 5.01 Å². The van der Waals surface area contributed by atoms with Crippen molar-refractivity contribution in [1.82, 2.24) is 0 Å². The summed E-state index contributed by atoms with van der Waals surface area (Å²) in [4.78, 5) is 24.2. The summed E-state index contributed by atoms with van der Waals surface area (Å²) >= 11 is 0. The molecule has 0 saturated carbocycles. The highest BCUT2D eigenvalue weighted by molar-refractivity contribution is 6.32. The molecule has 168 valence electrons. The van der Waals surface area contributed by atoms with Gasteiger partial charge in [0, 0.05) is 11.1 Å². The Labute approximate surface area is 188 Å². The third kappa shape index (κ3) is 4.44. The summed E-state index contributed by atoms with van der Waals surface area (Å²) in [6, 6.07) is 9.87. The van der Waals surface area contributed by atoms with Gasteiger partial charge in [0.1, 0.15) is 5.75 Å². The van der Waals surface area contributed by atoms with E-state index < -0.39 is 5.97 Å². The number of carboxylic acids is 1. The number of carbonyl (C=O) groups is 2. The summed E-state index contributed by atoms with van der Waals surface area (Å²) in [6.45, 7) is 14.0. The van der Waals surface area contributed by atoms with Gasteiger partial charge in [-0.25, -0.2) is 4.79 Å². The van der Waals surface area contributed by atoms with Gasteiger partial charge in [-0.05, 0) is 65.8 Å². The lowest BCUT2D eigenvalue weighted by atomic mass is 9.78. The van der Waals surface area contributed by atoms with Gasteiger partial charge in [0.2, 0.25) is 0 Å². The highest BCUT2D eigenvalue weighted by Crippen LogP contribution is 2.40. The van der Waals surface area contributed by atoms with Crippen LogP contribution in [-0.2, 0) is 15.6 Å². The number of carbonyl (C=O) groups excluding carboxylic acids is 1. The Kier molecular flexibility index (Phi) is 5.77. The largest absolute Gasteiger partial charge is 0.507 e.